The summed E-state index contributed by atoms with van der Waals surface area (Å²) in [5.41, 5.74) is 1.03. The highest BCUT2D eigenvalue weighted by molar-refractivity contribution is 7.22. The zero-order valence-corrected chi connectivity index (χ0v) is 12.2. The molecule has 2 aromatic rings. The molecule has 1 aromatic heterocycles. The number of anilines is 1. The van der Waals surface area contributed by atoms with Crippen molar-refractivity contribution in [2.75, 3.05) is 38.9 Å². The molecule has 0 aliphatic carbocycles. The van der Waals surface area contributed by atoms with Gasteiger partial charge >= 0.3 is 5.96 Å². The Bertz CT molecular complexity index is 579. The second-order valence-electron chi connectivity index (χ2n) is 4.69. The number of ether oxygens (including phenoxy) is 1. The minimum absolute atomic E-state index is 0.777. The Labute approximate surface area is 121 Å². The molecule has 2 heterocycles. The largest absolute Gasteiger partial charge is 0.379 e. The summed E-state index contributed by atoms with van der Waals surface area (Å²) < 4.78 is 6.29. The van der Waals surface area contributed by atoms with Crippen molar-refractivity contribution in [1.29, 1.82) is 0 Å². The van der Waals surface area contributed by atoms with Crippen molar-refractivity contribution in [3.05, 3.63) is 24.3 Å². The van der Waals surface area contributed by atoms with Crippen molar-refractivity contribution in [3.63, 3.8) is 0 Å². The Morgan fingerprint density at radius 2 is 2.40 bits per heavy atom. The van der Waals surface area contributed by atoms with Crippen LogP contribution in [0.3, 0.4) is 0 Å². The monoisotopic (exact) mass is 293 g/mol. The molecule has 7 heteroatoms. The fourth-order valence-electron chi connectivity index (χ4n) is 2.10. The molecule has 0 radical (unpaired) electrons. The number of para-hydroxylation sites is 1. The van der Waals surface area contributed by atoms with Crippen LogP contribution in [0.1, 0.15) is 0 Å². The molecule has 1 aliphatic heterocycles. The van der Waals surface area contributed by atoms with Gasteiger partial charge in [-0.05, 0) is 12.1 Å². The van der Waals surface area contributed by atoms with Crippen LogP contribution >= 0.6 is 11.3 Å². The number of rotatable bonds is 4. The van der Waals surface area contributed by atoms with Gasteiger partial charge in [-0.25, -0.2) is 20.6 Å². The summed E-state index contributed by atoms with van der Waals surface area (Å²) in [6.07, 6.45) is 0. The van der Waals surface area contributed by atoms with E-state index in [-0.39, 0.29) is 0 Å². The molecule has 6 nitrogen and oxygen atoms in total. The first-order chi connectivity index (χ1) is 9.85. The second kappa shape index (κ2) is 6.17. The number of benzene rings is 1. The third-order valence-corrected chi connectivity index (χ3v) is 4.17. The number of hydrogen-bond acceptors (Lipinski definition) is 5. The molecule has 106 valence electrons. The van der Waals surface area contributed by atoms with Crippen molar-refractivity contribution in [2.45, 2.75) is 0 Å². The molecule has 3 rings (SSSR count). The third kappa shape index (κ3) is 3.06. The van der Waals surface area contributed by atoms with Gasteiger partial charge in [0.05, 0.1) is 16.8 Å². The topological polar surface area (TPSA) is 64.6 Å². The Hall–Kier alpha value is -1.70. The molecule has 0 saturated heterocycles. The highest BCUT2D eigenvalue weighted by Crippen LogP contribution is 2.24. The fourth-order valence-corrected chi connectivity index (χ4v) is 2.97. The molecule has 1 aliphatic rings. The summed E-state index contributed by atoms with van der Waals surface area (Å²) in [6, 6.07) is 8.15. The SMILES string of the molecule is COCC[NH+]1CNC(Nc2nc3ccccc3s2)=[NH+]C1. The molecule has 1 aromatic carbocycles. The number of fused-ring (bicyclic) bond motifs is 1. The first-order valence-corrected chi connectivity index (χ1v) is 7.46. The summed E-state index contributed by atoms with van der Waals surface area (Å²) in [4.78, 5) is 9.31. The van der Waals surface area contributed by atoms with Crippen LogP contribution in [0.4, 0.5) is 5.13 Å². The van der Waals surface area contributed by atoms with Crippen molar-refractivity contribution in [2.24, 2.45) is 0 Å². The highest BCUT2D eigenvalue weighted by atomic mass is 32.1. The molecule has 1 atom stereocenters. The van der Waals surface area contributed by atoms with Crippen molar-refractivity contribution in [3.8, 4) is 0 Å². The van der Waals surface area contributed by atoms with Gasteiger partial charge in [-0.3, -0.25) is 4.90 Å². The minimum atomic E-state index is 0.777. The molecule has 4 N–H and O–H groups in total. The summed E-state index contributed by atoms with van der Waals surface area (Å²) >= 11 is 1.66. The summed E-state index contributed by atoms with van der Waals surface area (Å²) in [6.45, 7) is 3.53. The lowest BCUT2D eigenvalue weighted by Crippen LogP contribution is -3.24. The van der Waals surface area contributed by atoms with Gasteiger partial charge in [-0.1, -0.05) is 23.5 Å². The highest BCUT2D eigenvalue weighted by Gasteiger charge is 2.20. The van der Waals surface area contributed by atoms with Gasteiger partial charge in [-0.2, -0.15) is 0 Å². The van der Waals surface area contributed by atoms with E-state index < -0.39 is 0 Å². The molecule has 20 heavy (non-hydrogen) atoms. The molecule has 0 amide bonds. The maximum atomic E-state index is 5.09. The molecular weight excluding hydrogens is 274 g/mol. The van der Waals surface area contributed by atoms with Crippen LogP contribution in [-0.4, -0.2) is 44.5 Å². The number of nitrogens with one attached hydrogen (secondary N) is 4. The van der Waals surface area contributed by atoms with E-state index in [0.29, 0.717) is 0 Å². The lowest BCUT2D eigenvalue weighted by molar-refractivity contribution is -0.980. The first-order valence-electron chi connectivity index (χ1n) is 6.65. The zero-order valence-electron chi connectivity index (χ0n) is 11.4. The van der Waals surface area contributed by atoms with Gasteiger partial charge in [0.1, 0.15) is 6.54 Å². The molecule has 0 spiro atoms. The number of quaternary nitrogens is 1. The smallest absolute Gasteiger partial charge is 0.359 e. The van der Waals surface area contributed by atoms with Crippen molar-refractivity contribution < 1.29 is 14.6 Å². The molecule has 0 bridgehead atoms. The average Bonchev–Trinajstić information content (AvgIpc) is 2.89. The Morgan fingerprint density at radius 3 is 3.15 bits per heavy atom. The maximum Gasteiger partial charge on any atom is 0.359 e. The van der Waals surface area contributed by atoms with Crippen LogP contribution in [0.5, 0.6) is 0 Å². The fraction of sp³-hybridized carbons (Fsp3) is 0.385. The first kappa shape index (κ1) is 13.3. The van der Waals surface area contributed by atoms with Gasteiger partial charge in [0.15, 0.2) is 13.3 Å². The van der Waals surface area contributed by atoms with Crippen LogP contribution in [-0.2, 0) is 4.74 Å². The van der Waals surface area contributed by atoms with E-state index in [9.17, 15) is 0 Å². The van der Waals surface area contributed by atoms with E-state index in [2.05, 4.69) is 26.7 Å². The number of methoxy groups -OCH3 is 1. The van der Waals surface area contributed by atoms with Crippen LogP contribution in [0.25, 0.3) is 10.2 Å². The van der Waals surface area contributed by atoms with Crippen molar-refractivity contribution in [1.82, 2.24) is 10.3 Å². The van der Waals surface area contributed by atoms with Crippen LogP contribution in [0.15, 0.2) is 24.3 Å². The second-order valence-corrected chi connectivity index (χ2v) is 5.72. The Kier molecular flexibility index (Phi) is 4.10. The number of aromatic nitrogens is 1. The summed E-state index contributed by atoms with van der Waals surface area (Å²) in [5.74, 6) is 0.922. The van der Waals surface area contributed by atoms with Crippen molar-refractivity contribution >= 4 is 32.6 Å². The average molecular weight is 293 g/mol. The number of thiazole rings is 1. The van der Waals surface area contributed by atoms with Crippen LogP contribution in [0.2, 0.25) is 0 Å². The predicted molar refractivity (Wildman–Crippen MR) is 79.8 cm³/mol. The Morgan fingerprint density at radius 1 is 1.50 bits per heavy atom. The van der Waals surface area contributed by atoms with Gasteiger partial charge in [0.25, 0.3) is 5.13 Å². The zero-order chi connectivity index (χ0) is 13.8. The standard InChI is InChI=1S/C13H17N5OS/c1-19-7-6-18-8-14-12(15-9-18)17-13-16-10-4-2-3-5-11(10)20-13/h2-5H,6-9H2,1H3,(H2,14,15,16,17)/p+2. The summed E-state index contributed by atoms with van der Waals surface area (Å²) in [5, 5.41) is 7.55. The van der Waals surface area contributed by atoms with Gasteiger partial charge in [0.2, 0.25) is 0 Å². The van der Waals surface area contributed by atoms with E-state index in [4.69, 9.17) is 4.74 Å². The van der Waals surface area contributed by atoms with E-state index in [1.165, 1.54) is 9.60 Å². The lowest BCUT2D eigenvalue weighted by atomic mass is 10.3. The van der Waals surface area contributed by atoms with E-state index in [0.717, 1.165) is 43.1 Å². The third-order valence-electron chi connectivity index (χ3n) is 3.22. The molecular formula is C13H19N5OS+2. The minimum Gasteiger partial charge on any atom is -0.379 e. The number of guanidine groups is 1. The number of nitrogens with zero attached hydrogens (tertiary/aromatic N) is 1. The lowest BCUT2D eigenvalue weighted by Gasteiger charge is -2.19. The molecule has 1 unspecified atom stereocenters. The summed E-state index contributed by atoms with van der Waals surface area (Å²) in [7, 11) is 1.73. The van der Waals surface area contributed by atoms with Crippen LogP contribution in [0, 0.1) is 0 Å². The van der Waals surface area contributed by atoms with Gasteiger partial charge in [-0.15, -0.1) is 0 Å². The quantitative estimate of drug-likeness (QED) is 0.537. The normalized spacial score (nSPS) is 18.6. The van der Waals surface area contributed by atoms with Crippen LogP contribution < -0.4 is 20.5 Å². The van der Waals surface area contributed by atoms with E-state index in [1.807, 2.05) is 18.2 Å². The van der Waals surface area contributed by atoms with E-state index in [1.54, 1.807) is 18.4 Å². The predicted octanol–water partition coefficient (Wildman–Crippen LogP) is -1.81. The van der Waals surface area contributed by atoms with Gasteiger partial charge in [0, 0.05) is 7.11 Å². The molecule has 0 saturated carbocycles. The number of hydrogen-bond donors (Lipinski definition) is 4. The maximum absolute atomic E-state index is 5.09. The Balaban J connectivity index is 1.62. The molecule has 0 fully saturated rings. The van der Waals surface area contributed by atoms with Gasteiger partial charge < -0.3 is 4.74 Å². The van der Waals surface area contributed by atoms with E-state index >= 15 is 0 Å².